The van der Waals surface area contributed by atoms with Crippen LogP contribution >= 0.6 is 0 Å². The Kier molecular flexibility index (Phi) is 4.93. The Morgan fingerprint density at radius 1 is 1.04 bits per heavy atom. The van der Waals surface area contributed by atoms with E-state index in [0.29, 0.717) is 0 Å². The summed E-state index contributed by atoms with van der Waals surface area (Å²) in [6, 6.07) is 8.43. The van der Waals surface area contributed by atoms with Gasteiger partial charge in [0, 0.05) is 6.07 Å². The fourth-order valence-corrected chi connectivity index (χ4v) is 3.09. The van der Waals surface area contributed by atoms with Gasteiger partial charge in [0.1, 0.15) is 5.69 Å². The topological polar surface area (TPSA) is 108 Å². The third-order valence-electron chi connectivity index (χ3n) is 3.27. The molecule has 0 spiro atoms. The zero-order valence-electron chi connectivity index (χ0n) is 13.3. The van der Waals surface area contributed by atoms with E-state index in [1.54, 1.807) is 12.1 Å². The second-order valence-electron chi connectivity index (χ2n) is 4.90. The Balaban J connectivity index is 2.51. The molecule has 24 heavy (non-hydrogen) atoms. The maximum Gasteiger partial charge on any atom is 0.297 e. The first-order chi connectivity index (χ1) is 11.3. The summed E-state index contributed by atoms with van der Waals surface area (Å²) in [6.45, 7) is 1.82. The van der Waals surface area contributed by atoms with Gasteiger partial charge in [0.25, 0.3) is 15.7 Å². The first-order valence-electron chi connectivity index (χ1n) is 6.78. The molecule has 9 heteroatoms. The van der Waals surface area contributed by atoms with Gasteiger partial charge in [-0.3, -0.25) is 14.8 Å². The van der Waals surface area contributed by atoms with E-state index in [0.717, 1.165) is 11.6 Å². The SMILES string of the molecule is COc1cc(NS(=O)(=O)c2ccc(C)cc2)c([N+](=O)[O-])cc1OC. The Labute approximate surface area is 139 Å². The highest BCUT2D eigenvalue weighted by Gasteiger charge is 2.24. The fraction of sp³-hybridized carbons (Fsp3) is 0.200. The number of sulfonamides is 1. The first-order valence-corrected chi connectivity index (χ1v) is 8.26. The third kappa shape index (κ3) is 3.57. The third-order valence-corrected chi connectivity index (χ3v) is 4.66. The average molecular weight is 352 g/mol. The minimum absolute atomic E-state index is 0.00261. The van der Waals surface area contributed by atoms with Crippen LogP contribution in [-0.2, 0) is 10.0 Å². The van der Waals surface area contributed by atoms with Crippen LogP contribution in [0.3, 0.4) is 0 Å². The minimum Gasteiger partial charge on any atom is -0.493 e. The quantitative estimate of drug-likeness (QED) is 0.632. The van der Waals surface area contributed by atoms with Crippen molar-refractivity contribution in [3.05, 3.63) is 52.1 Å². The van der Waals surface area contributed by atoms with E-state index in [1.807, 2.05) is 6.92 Å². The van der Waals surface area contributed by atoms with Crippen LogP contribution in [0.5, 0.6) is 11.5 Å². The number of nitro benzene ring substituents is 1. The molecule has 0 atom stereocenters. The number of hydrogen-bond donors (Lipinski definition) is 1. The average Bonchev–Trinajstić information content (AvgIpc) is 2.54. The lowest BCUT2D eigenvalue weighted by molar-refractivity contribution is -0.384. The number of ether oxygens (including phenoxy) is 2. The van der Waals surface area contributed by atoms with E-state index >= 15 is 0 Å². The molecular formula is C15H16N2O6S. The molecule has 0 unspecified atom stereocenters. The second kappa shape index (κ2) is 6.75. The van der Waals surface area contributed by atoms with Gasteiger partial charge in [-0.2, -0.15) is 0 Å². The van der Waals surface area contributed by atoms with Crippen LogP contribution in [-0.4, -0.2) is 27.6 Å². The summed E-state index contributed by atoms with van der Waals surface area (Å²) in [4.78, 5) is 10.5. The maximum atomic E-state index is 12.4. The number of rotatable bonds is 6. The summed E-state index contributed by atoms with van der Waals surface area (Å²) >= 11 is 0. The smallest absolute Gasteiger partial charge is 0.297 e. The van der Waals surface area contributed by atoms with Crippen molar-refractivity contribution in [1.29, 1.82) is 0 Å². The van der Waals surface area contributed by atoms with Gasteiger partial charge >= 0.3 is 0 Å². The summed E-state index contributed by atoms with van der Waals surface area (Å²) in [7, 11) is -1.30. The van der Waals surface area contributed by atoms with Crippen molar-refractivity contribution in [1.82, 2.24) is 0 Å². The molecule has 2 aromatic rings. The summed E-state index contributed by atoms with van der Waals surface area (Å²) in [5.41, 5.74) is 0.243. The van der Waals surface area contributed by atoms with Crippen LogP contribution in [0.4, 0.5) is 11.4 Å². The van der Waals surface area contributed by atoms with Gasteiger partial charge in [0.05, 0.1) is 30.1 Å². The number of methoxy groups -OCH3 is 2. The summed E-state index contributed by atoms with van der Waals surface area (Å²) in [5.74, 6) is 0.298. The predicted octanol–water partition coefficient (Wildman–Crippen LogP) is 2.72. The van der Waals surface area contributed by atoms with Crippen molar-refractivity contribution in [2.45, 2.75) is 11.8 Å². The Morgan fingerprint density at radius 3 is 2.08 bits per heavy atom. The molecule has 0 fully saturated rings. The lowest BCUT2D eigenvalue weighted by Crippen LogP contribution is -2.14. The monoisotopic (exact) mass is 352 g/mol. The highest BCUT2D eigenvalue weighted by Crippen LogP contribution is 2.38. The molecule has 1 N–H and O–H groups in total. The molecule has 0 heterocycles. The minimum atomic E-state index is -3.98. The molecule has 0 aromatic heterocycles. The van der Waals surface area contributed by atoms with E-state index in [9.17, 15) is 18.5 Å². The van der Waals surface area contributed by atoms with Gasteiger partial charge in [-0.15, -0.1) is 0 Å². The van der Waals surface area contributed by atoms with Crippen molar-refractivity contribution >= 4 is 21.4 Å². The maximum absolute atomic E-state index is 12.4. The molecule has 8 nitrogen and oxygen atoms in total. The molecule has 0 aliphatic carbocycles. The lowest BCUT2D eigenvalue weighted by Gasteiger charge is -2.12. The Morgan fingerprint density at radius 2 is 1.58 bits per heavy atom. The molecule has 0 aliphatic heterocycles. The highest BCUT2D eigenvalue weighted by molar-refractivity contribution is 7.92. The molecule has 0 radical (unpaired) electrons. The molecule has 2 rings (SSSR count). The van der Waals surface area contributed by atoms with E-state index in [1.165, 1.54) is 32.4 Å². The normalized spacial score (nSPS) is 11.0. The van der Waals surface area contributed by atoms with Crippen molar-refractivity contribution in [3.8, 4) is 11.5 Å². The van der Waals surface area contributed by atoms with Crippen LogP contribution in [0.15, 0.2) is 41.3 Å². The van der Waals surface area contributed by atoms with Gasteiger partial charge in [-0.1, -0.05) is 17.7 Å². The fourth-order valence-electron chi connectivity index (χ4n) is 2.02. The number of nitrogens with zero attached hydrogens (tertiary/aromatic N) is 1. The van der Waals surface area contributed by atoms with Crippen LogP contribution in [0, 0.1) is 17.0 Å². The largest absolute Gasteiger partial charge is 0.493 e. The van der Waals surface area contributed by atoms with Crippen molar-refractivity contribution in [2.24, 2.45) is 0 Å². The standard InChI is InChI=1S/C15H16N2O6S/c1-10-4-6-11(7-5-10)24(20,21)16-12-8-14(22-2)15(23-3)9-13(12)17(18)19/h4-9,16H,1-3H3. The van der Waals surface area contributed by atoms with Crippen LogP contribution < -0.4 is 14.2 Å². The van der Waals surface area contributed by atoms with Crippen molar-refractivity contribution < 1.29 is 22.8 Å². The Bertz CT molecular complexity index is 862. The first kappa shape index (κ1) is 17.5. The number of benzene rings is 2. The molecule has 0 amide bonds. The summed E-state index contributed by atoms with van der Waals surface area (Å²) in [6.07, 6.45) is 0. The molecule has 0 saturated carbocycles. The number of aryl methyl sites for hydroxylation is 1. The summed E-state index contributed by atoms with van der Waals surface area (Å²) < 4.78 is 37.2. The molecule has 128 valence electrons. The Hall–Kier alpha value is -2.81. The number of hydrogen-bond acceptors (Lipinski definition) is 6. The van der Waals surface area contributed by atoms with Gasteiger partial charge in [0.15, 0.2) is 11.5 Å². The van der Waals surface area contributed by atoms with Crippen LogP contribution in [0.2, 0.25) is 0 Å². The number of anilines is 1. The zero-order chi connectivity index (χ0) is 17.9. The van der Waals surface area contributed by atoms with Gasteiger partial charge in [-0.05, 0) is 19.1 Å². The van der Waals surface area contributed by atoms with E-state index in [-0.39, 0.29) is 22.1 Å². The van der Waals surface area contributed by atoms with Crippen molar-refractivity contribution in [3.63, 3.8) is 0 Å². The van der Waals surface area contributed by atoms with E-state index in [2.05, 4.69) is 4.72 Å². The predicted molar refractivity (Wildman–Crippen MR) is 88.2 cm³/mol. The summed E-state index contributed by atoms with van der Waals surface area (Å²) in [5, 5.41) is 11.2. The van der Waals surface area contributed by atoms with Crippen LogP contribution in [0.1, 0.15) is 5.56 Å². The zero-order valence-corrected chi connectivity index (χ0v) is 14.1. The molecule has 0 saturated heterocycles. The van der Waals surface area contributed by atoms with E-state index in [4.69, 9.17) is 9.47 Å². The molecule has 0 aliphatic rings. The molecular weight excluding hydrogens is 336 g/mol. The van der Waals surface area contributed by atoms with E-state index < -0.39 is 20.6 Å². The van der Waals surface area contributed by atoms with Gasteiger partial charge < -0.3 is 9.47 Å². The number of nitrogens with one attached hydrogen (secondary N) is 1. The molecule has 0 bridgehead atoms. The van der Waals surface area contributed by atoms with Gasteiger partial charge in [-0.25, -0.2) is 8.42 Å². The number of nitro groups is 1. The highest BCUT2D eigenvalue weighted by atomic mass is 32.2. The van der Waals surface area contributed by atoms with Gasteiger partial charge in [0.2, 0.25) is 0 Å². The molecule has 2 aromatic carbocycles. The lowest BCUT2D eigenvalue weighted by atomic mass is 10.2. The van der Waals surface area contributed by atoms with Crippen molar-refractivity contribution in [2.75, 3.05) is 18.9 Å². The van der Waals surface area contributed by atoms with Crippen LogP contribution in [0.25, 0.3) is 0 Å². The second-order valence-corrected chi connectivity index (χ2v) is 6.58.